The quantitative estimate of drug-likeness (QED) is 0.837. The third kappa shape index (κ3) is 3.63. The van der Waals surface area contributed by atoms with Crippen molar-refractivity contribution in [1.82, 2.24) is 4.90 Å². The van der Waals surface area contributed by atoms with Gasteiger partial charge in [-0.2, -0.15) is 10.5 Å². The van der Waals surface area contributed by atoms with Gasteiger partial charge in [0.2, 0.25) is 5.91 Å². The number of nitrogens with two attached hydrogens (primary N) is 1. The van der Waals surface area contributed by atoms with Gasteiger partial charge in [0.15, 0.2) is 5.03 Å². The fourth-order valence-corrected chi connectivity index (χ4v) is 4.10. The maximum atomic E-state index is 13.1. The van der Waals surface area contributed by atoms with Crippen LogP contribution in [-0.4, -0.2) is 23.9 Å². The SMILES string of the molecule is N#Cc1cc(C#N)c(S[C@H](C(=O)N2CCCC2)c2ccccc2)[nH+]c1N. The second-order valence-electron chi connectivity index (χ2n) is 6.00. The first kappa shape index (κ1) is 17.8. The Labute approximate surface area is 156 Å². The third-order valence-corrected chi connectivity index (χ3v) is 5.56. The molecule has 1 aromatic carbocycles. The molecule has 1 atom stereocenters. The molecule has 1 amide bonds. The maximum Gasteiger partial charge on any atom is 0.289 e. The number of carbonyl (C=O) groups excluding carboxylic acids is 1. The number of hydrogen-bond donors (Lipinski definition) is 1. The molecule has 0 radical (unpaired) electrons. The lowest BCUT2D eigenvalue weighted by molar-refractivity contribution is -0.410. The number of H-pyrrole nitrogens is 1. The molecule has 1 aliphatic heterocycles. The van der Waals surface area contributed by atoms with Crippen molar-refractivity contribution in [3.63, 3.8) is 0 Å². The molecule has 0 spiro atoms. The molecule has 0 saturated carbocycles. The van der Waals surface area contributed by atoms with Crippen LogP contribution in [-0.2, 0) is 4.79 Å². The molecule has 1 saturated heterocycles. The predicted molar refractivity (Wildman–Crippen MR) is 97.7 cm³/mol. The van der Waals surface area contributed by atoms with Gasteiger partial charge in [0, 0.05) is 13.1 Å². The van der Waals surface area contributed by atoms with E-state index in [2.05, 4.69) is 11.1 Å². The summed E-state index contributed by atoms with van der Waals surface area (Å²) in [6.45, 7) is 1.51. The molecule has 1 fully saturated rings. The van der Waals surface area contributed by atoms with Crippen LogP contribution in [0.1, 0.15) is 34.8 Å². The van der Waals surface area contributed by atoms with Crippen LogP contribution < -0.4 is 10.7 Å². The number of aromatic amines is 1. The highest BCUT2D eigenvalue weighted by Gasteiger charge is 2.31. The second-order valence-corrected chi connectivity index (χ2v) is 7.12. The minimum atomic E-state index is -0.481. The zero-order valence-corrected chi connectivity index (χ0v) is 14.9. The van der Waals surface area contributed by atoms with E-state index in [1.54, 1.807) is 0 Å². The van der Waals surface area contributed by atoms with Crippen molar-refractivity contribution < 1.29 is 9.78 Å². The number of benzene rings is 1. The summed E-state index contributed by atoms with van der Waals surface area (Å²) in [7, 11) is 0. The van der Waals surface area contributed by atoms with Crippen LogP contribution in [0.4, 0.5) is 5.82 Å². The van der Waals surface area contributed by atoms with Crippen molar-refractivity contribution in [1.29, 1.82) is 10.5 Å². The Bertz CT molecular complexity index is 895. The molecule has 7 heteroatoms. The van der Waals surface area contributed by atoms with E-state index in [1.807, 2.05) is 41.3 Å². The molecule has 1 aromatic heterocycles. The smallest absolute Gasteiger partial charge is 0.289 e. The number of likely N-dealkylation sites (tertiary alicyclic amines) is 1. The first-order chi connectivity index (χ1) is 12.6. The average Bonchev–Trinajstić information content (AvgIpc) is 3.21. The number of hydrogen-bond acceptors (Lipinski definition) is 5. The Kier molecular flexibility index (Phi) is 5.40. The van der Waals surface area contributed by atoms with Gasteiger partial charge in [0.25, 0.3) is 5.82 Å². The average molecular weight is 364 g/mol. The number of pyridine rings is 1. The van der Waals surface area contributed by atoms with Crippen molar-refractivity contribution in [3.05, 3.63) is 53.1 Å². The maximum absolute atomic E-state index is 13.1. The summed E-state index contributed by atoms with van der Waals surface area (Å²) in [6.07, 6.45) is 2.02. The fourth-order valence-electron chi connectivity index (χ4n) is 2.92. The number of amides is 1. The lowest BCUT2D eigenvalue weighted by Gasteiger charge is -2.22. The van der Waals surface area contributed by atoms with E-state index in [0.717, 1.165) is 31.5 Å². The molecule has 3 rings (SSSR count). The number of nitriles is 2. The summed E-state index contributed by atoms with van der Waals surface area (Å²) >= 11 is 1.26. The van der Waals surface area contributed by atoms with Gasteiger partial charge < -0.3 is 4.90 Å². The number of nitrogen functional groups attached to an aromatic ring is 1. The number of rotatable bonds is 4. The minimum absolute atomic E-state index is 0.0268. The molecule has 2 aromatic rings. The van der Waals surface area contributed by atoms with Gasteiger partial charge in [-0.3, -0.25) is 10.5 Å². The molecule has 6 nitrogen and oxygen atoms in total. The summed E-state index contributed by atoms with van der Waals surface area (Å²) in [5, 5.41) is 18.5. The van der Waals surface area contributed by atoms with E-state index in [-0.39, 0.29) is 17.3 Å². The van der Waals surface area contributed by atoms with Crippen molar-refractivity contribution in [3.8, 4) is 12.1 Å². The van der Waals surface area contributed by atoms with Gasteiger partial charge in [0.1, 0.15) is 28.5 Å². The highest BCUT2D eigenvalue weighted by molar-refractivity contribution is 8.00. The summed E-state index contributed by atoms with van der Waals surface area (Å²) < 4.78 is 0. The lowest BCUT2D eigenvalue weighted by Crippen LogP contribution is -2.32. The van der Waals surface area contributed by atoms with Gasteiger partial charge in [-0.1, -0.05) is 42.1 Å². The topological polar surface area (TPSA) is 108 Å². The fraction of sp³-hybridized carbons (Fsp3) is 0.263. The van der Waals surface area contributed by atoms with E-state index in [4.69, 9.17) is 11.0 Å². The van der Waals surface area contributed by atoms with Crippen LogP contribution in [0, 0.1) is 22.7 Å². The van der Waals surface area contributed by atoms with Crippen LogP contribution in [0.5, 0.6) is 0 Å². The Hall–Kier alpha value is -3.03. The number of carbonyl (C=O) groups is 1. The summed E-state index contributed by atoms with van der Waals surface area (Å²) in [4.78, 5) is 17.9. The minimum Gasteiger partial charge on any atom is -0.341 e. The largest absolute Gasteiger partial charge is 0.341 e. The molecular formula is C19H18N5OS+. The molecule has 0 aliphatic carbocycles. The van der Waals surface area contributed by atoms with Gasteiger partial charge in [0.05, 0.1) is 0 Å². The number of nitrogens with one attached hydrogen (secondary N) is 1. The molecule has 1 aliphatic rings. The van der Waals surface area contributed by atoms with Crippen LogP contribution >= 0.6 is 11.8 Å². The number of thioether (sulfide) groups is 1. The van der Waals surface area contributed by atoms with Gasteiger partial charge in [-0.05, 0) is 24.5 Å². The highest BCUT2D eigenvalue weighted by Crippen LogP contribution is 2.37. The monoisotopic (exact) mass is 364 g/mol. The zero-order valence-electron chi connectivity index (χ0n) is 14.1. The highest BCUT2D eigenvalue weighted by atomic mass is 32.2. The van der Waals surface area contributed by atoms with Crippen molar-refractivity contribution in [2.75, 3.05) is 18.8 Å². The summed E-state index contributed by atoms with van der Waals surface area (Å²) in [5.74, 6) is 0.216. The van der Waals surface area contributed by atoms with E-state index < -0.39 is 5.25 Å². The number of aromatic nitrogens is 1. The lowest BCUT2D eigenvalue weighted by atomic mass is 10.1. The standard InChI is InChI=1S/C19H17N5OS/c20-11-14-10-15(12-21)18(23-17(14)22)26-16(13-6-2-1-3-7-13)19(25)24-8-4-5-9-24/h1-3,6-7,10,16H,4-5,8-9H2,(H2,22,23)/p+1/t16-/m0/s1. The summed E-state index contributed by atoms with van der Waals surface area (Å²) in [5.41, 5.74) is 7.26. The van der Waals surface area contributed by atoms with E-state index in [1.165, 1.54) is 17.8 Å². The molecule has 3 N–H and O–H groups in total. The number of nitrogens with zero attached hydrogens (tertiary/aromatic N) is 3. The van der Waals surface area contributed by atoms with E-state index in [0.29, 0.717) is 10.6 Å². The van der Waals surface area contributed by atoms with Crippen LogP contribution in [0.25, 0.3) is 0 Å². The Morgan fingerprint density at radius 2 is 1.81 bits per heavy atom. The second kappa shape index (κ2) is 7.90. The summed E-state index contributed by atoms with van der Waals surface area (Å²) in [6, 6.07) is 15.0. The van der Waals surface area contributed by atoms with Crippen LogP contribution in [0.3, 0.4) is 0 Å². The molecule has 0 unspecified atom stereocenters. The van der Waals surface area contributed by atoms with Gasteiger partial charge in [-0.25, -0.2) is 4.98 Å². The molecule has 130 valence electrons. The number of anilines is 1. The zero-order chi connectivity index (χ0) is 18.5. The van der Waals surface area contributed by atoms with Crippen molar-refractivity contribution in [2.24, 2.45) is 0 Å². The molecule has 0 bridgehead atoms. The van der Waals surface area contributed by atoms with E-state index in [9.17, 15) is 10.1 Å². The van der Waals surface area contributed by atoms with Gasteiger partial charge in [-0.15, -0.1) is 0 Å². The Morgan fingerprint density at radius 3 is 2.42 bits per heavy atom. The third-order valence-electron chi connectivity index (χ3n) is 4.29. The molecule has 2 heterocycles. The first-order valence-corrected chi connectivity index (χ1v) is 9.18. The molecule has 26 heavy (non-hydrogen) atoms. The van der Waals surface area contributed by atoms with Crippen LogP contribution in [0.15, 0.2) is 41.4 Å². The van der Waals surface area contributed by atoms with E-state index >= 15 is 0 Å². The van der Waals surface area contributed by atoms with Crippen molar-refractivity contribution >= 4 is 23.5 Å². The van der Waals surface area contributed by atoms with Crippen LogP contribution in [0.2, 0.25) is 0 Å². The Balaban J connectivity index is 1.99. The normalized spacial score (nSPS) is 14.5. The predicted octanol–water partition coefficient (Wildman–Crippen LogP) is 2.28. The van der Waals surface area contributed by atoms with Gasteiger partial charge >= 0.3 is 0 Å². The Morgan fingerprint density at radius 1 is 1.15 bits per heavy atom. The van der Waals surface area contributed by atoms with Crippen molar-refractivity contribution in [2.45, 2.75) is 23.1 Å². The first-order valence-electron chi connectivity index (χ1n) is 8.30. The molecular weight excluding hydrogens is 346 g/mol.